The van der Waals surface area contributed by atoms with Gasteiger partial charge in [0.15, 0.2) is 0 Å². The molecule has 0 aliphatic heterocycles. The number of alkyl halides is 1. The first-order chi connectivity index (χ1) is 9.11. The maximum Gasteiger partial charge on any atom is 0.259 e. The van der Waals surface area contributed by atoms with E-state index >= 15 is 0 Å². The largest absolute Gasteiger partial charge is 0.322 e. The molecule has 0 unspecified atom stereocenters. The second-order valence-corrected chi connectivity index (χ2v) is 4.74. The molecule has 0 fully saturated rings. The normalized spacial score (nSPS) is 10.5. The van der Waals surface area contributed by atoms with Gasteiger partial charge in [-0.1, -0.05) is 12.1 Å². The van der Waals surface area contributed by atoms with Crippen LogP contribution < -0.4 is 5.32 Å². The lowest BCUT2D eigenvalue weighted by Gasteiger charge is -2.06. The van der Waals surface area contributed by atoms with E-state index in [0.717, 1.165) is 23.4 Å². The van der Waals surface area contributed by atoms with Gasteiger partial charge in [-0.2, -0.15) is 5.10 Å². The van der Waals surface area contributed by atoms with Gasteiger partial charge in [-0.25, -0.2) is 0 Å². The number of aryl methyl sites for hydroxylation is 2. The van der Waals surface area contributed by atoms with E-state index in [1.165, 1.54) is 0 Å². The number of carbonyl (C=O) groups is 1. The molecule has 1 aromatic heterocycles. The fourth-order valence-corrected chi connectivity index (χ4v) is 2.00. The molecule has 1 N–H and O–H groups in total. The number of amides is 1. The van der Waals surface area contributed by atoms with Crippen LogP contribution in [-0.4, -0.2) is 21.6 Å². The molecule has 0 aliphatic carbocycles. The Morgan fingerprint density at radius 3 is 2.58 bits per heavy atom. The van der Waals surface area contributed by atoms with Crippen LogP contribution >= 0.6 is 11.6 Å². The van der Waals surface area contributed by atoms with Gasteiger partial charge in [0.05, 0.1) is 11.8 Å². The number of nitrogens with zero attached hydrogens (tertiary/aromatic N) is 2. The first-order valence-corrected chi connectivity index (χ1v) is 6.60. The summed E-state index contributed by atoms with van der Waals surface area (Å²) < 4.78 is 1.68. The molecular formula is C14H16ClN3O. The lowest BCUT2D eigenvalue weighted by Crippen LogP contribution is -2.12. The lowest BCUT2D eigenvalue weighted by molar-refractivity contribution is 0.102. The van der Waals surface area contributed by atoms with Crippen LogP contribution in [-0.2, 0) is 13.5 Å². The summed E-state index contributed by atoms with van der Waals surface area (Å²) in [6, 6.07) is 7.69. The van der Waals surface area contributed by atoms with Crippen molar-refractivity contribution in [2.75, 3.05) is 11.2 Å². The van der Waals surface area contributed by atoms with Gasteiger partial charge in [0.25, 0.3) is 5.91 Å². The summed E-state index contributed by atoms with van der Waals surface area (Å²) in [5.41, 5.74) is 3.36. The van der Waals surface area contributed by atoms with Crippen molar-refractivity contribution < 1.29 is 4.79 Å². The van der Waals surface area contributed by atoms with E-state index in [4.69, 9.17) is 11.6 Å². The van der Waals surface area contributed by atoms with Gasteiger partial charge < -0.3 is 5.32 Å². The van der Waals surface area contributed by atoms with Crippen LogP contribution in [0.4, 0.5) is 5.69 Å². The Labute approximate surface area is 117 Å². The molecule has 0 aliphatic rings. The van der Waals surface area contributed by atoms with E-state index in [2.05, 4.69) is 10.4 Å². The number of anilines is 1. The van der Waals surface area contributed by atoms with Crippen molar-refractivity contribution in [1.82, 2.24) is 9.78 Å². The van der Waals surface area contributed by atoms with Crippen molar-refractivity contribution in [2.45, 2.75) is 13.3 Å². The highest BCUT2D eigenvalue weighted by Gasteiger charge is 2.12. The summed E-state index contributed by atoms with van der Waals surface area (Å²) in [5.74, 6) is 0.455. The first kappa shape index (κ1) is 13.6. The first-order valence-electron chi connectivity index (χ1n) is 6.06. The van der Waals surface area contributed by atoms with E-state index in [1.54, 1.807) is 10.9 Å². The Bertz CT molecular complexity index is 575. The number of benzene rings is 1. The third-order valence-electron chi connectivity index (χ3n) is 3.07. The van der Waals surface area contributed by atoms with E-state index in [0.29, 0.717) is 11.4 Å². The third-order valence-corrected chi connectivity index (χ3v) is 3.26. The van der Waals surface area contributed by atoms with Crippen LogP contribution in [0.2, 0.25) is 0 Å². The second-order valence-electron chi connectivity index (χ2n) is 4.36. The Morgan fingerprint density at radius 1 is 1.37 bits per heavy atom. The van der Waals surface area contributed by atoms with E-state index < -0.39 is 0 Å². The number of carbonyl (C=O) groups excluding carboxylic acids is 1. The molecule has 100 valence electrons. The maximum absolute atomic E-state index is 12.1. The van der Waals surface area contributed by atoms with Crippen LogP contribution in [0.1, 0.15) is 21.6 Å². The van der Waals surface area contributed by atoms with Gasteiger partial charge in [0.1, 0.15) is 0 Å². The van der Waals surface area contributed by atoms with Crippen molar-refractivity contribution in [1.29, 1.82) is 0 Å². The van der Waals surface area contributed by atoms with E-state index in [1.807, 2.05) is 38.2 Å². The predicted octanol–water partition coefficient (Wildman–Crippen LogP) is 2.76. The Hall–Kier alpha value is -1.81. The molecule has 0 radical (unpaired) electrons. The third kappa shape index (κ3) is 3.15. The van der Waals surface area contributed by atoms with Crippen LogP contribution in [0, 0.1) is 6.92 Å². The molecule has 0 spiro atoms. The fourth-order valence-electron chi connectivity index (χ4n) is 1.78. The average molecular weight is 278 g/mol. The SMILES string of the molecule is Cc1c(C(=O)Nc2ccc(CCCl)cc2)cnn1C. The number of hydrogen-bond donors (Lipinski definition) is 1. The summed E-state index contributed by atoms with van der Waals surface area (Å²) in [6.45, 7) is 1.87. The second kappa shape index (κ2) is 5.89. The summed E-state index contributed by atoms with van der Waals surface area (Å²) in [4.78, 5) is 12.1. The molecule has 5 heteroatoms. The zero-order chi connectivity index (χ0) is 13.8. The topological polar surface area (TPSA) is 46.9 Å². The molecule has 0 bridgehead atoms. The molecule has 0 atom stereocenters. The summed E-state index contributed by atoms with van der Waals surface area (Å²) in [6.07, 6.45) is 2.41. The molecule has 0 saturated carbocycles. The van der Waals surface area contributed by atoms with E-state index in [-0.39, 0.29) is 5.91 Å². The van der Waals surface area contributed by atoms with Gasteiger partial charge in [0.2, 0.25) is 0 Å². The molecule has 1 amide bonds. The zero-order valence-electron chi connectivity index (χ0n) is 11.0. The number of aromatic nitrogens is 2. The highest BCUT2D eigenvalue weighted by atomic mass is 35.5. The Kier molecular flexibility index (Phi) is 4.22. The molecule has 2 aromatic rings. The highest BCUT2D eigenvalue weighted by molar-refractivity contribution is 6.18. The molecule has 4 nitrogen and oxygen atoms in total. The van der Waals surface area contributed by atoms with Gasteiger partial charge >= 0.3 is 0 Å². The minimum Gasteiger partial charge on any atom is -0.322 e. The van der Waals surface area contributed by atoms with Crippen molar-refractivity contribution >= 4 is 23.2 Å². The highest BCUT2D eigenvalue weighted by Crippen LogP contribution is 2.13. The molecule has 19 heavy (non-hydrogen) atoms. The Morgan fingerprint density at radius 2 is 2.05 bits per heavy atom. The average Bonchev–Trinajstić information content (AvgIpc) is 2.73. The van der Waals surface area contributed by atoms with Gasteiger partial charge in [-0.15, -0.1) is 11.6 Å². The lowest BCUT2D eigenvalue weighted by atomic mass is 10.1. The number of rotatable bonds is 4. The van der Waals surface area contributed by atoms with Gasteiger partial charge in [-0.05, 0) is 31.0 Å². The van der Waals surface area contributed by atoms with Crippen LogP contribution in [0.3, 0.4) is 0 Å². The summed E-state index contributed by atoms with van der Waals surface area (Å²) >= 11 is 5.68. The van der Waals surface area contributed by atoms with E-state index in [9.17, 15) is 4.79 Å². The Balaban J connectivity index is 2.08. The van der Waals surface area contributed by atoms with Crippen LogP contribution in [0.15, 0.2) is 30.5 Å². The van der Waals surface area contributed by atoms with Crippen molar-refractivity contribution in [3.05, 3.63) is 47.3 Å². The van der Waals surface area contributed by atoms with Crippen molar-refractivity contribution in [3.63, 3.8) is 0 Å². The number of nitrogens with one attached hydrogen (secondary N) is 1. The van der Waals surface area contributed by atoms with Crippen molar-refractivity contribution in [2.24, 2.45) is 7.05 Å². The van der Waals surface area contributed by atoms with Gasteiger partial charge in [-0.3, -0.25) is 9.48 Å². The molecule has 1 aromatic carbocycles. The van der Waals surface area contributed by atoms with Gasteiger partial charge in [0, 0.05) is 24.3 Å². The molecule has 0 saturated heterocycles. The minimum atomic E-state index is -0.143. The van der Waals surface area contributed by atoms with Crippen LogP contribution in [0.5, 0.6) is 0 Å². The zero-order valence-corrected chi connectivity index (χ0v) is 11.7. The minimum absolute atomic E-state index is 0.143. The smallest absolute Gasteiger partial charge is 0.259 e. The van der Waals surface area contributed by atoms with Crippen molar-refractivity contribution in [3.8, 4) is 0 Å². The molecule has 1 heterocycles. The fraction of sp³-hybridized carbons (Fsp3) is 0.286. The van der Waals surface area contributed by atoms with Crippen LogP contribution in [0.25, 0.3) is 0 Å². The number of hydrogen-bond acceptors (Lipinski definition) is 2. The maximum atomic E-state index is 12.1. The summed E-state index contributed by atoms with van der Waals surface area (Å²) in [7, 11) is 1.81. The number of halogens is 1. The summed E-state index contributed by atoms with van der Waals surface area (Å²) in [5, 5.41) is 6.91. The quantitative estimate of drug-likeness (QED) is 0.874. The molecular weight excluding hydrogens is 262 g/mol. The monoisotopic (exact) mass is 277 g/mol. The molecule has 2 rings (SSSR count). The predicted molar refractivity (Wildman–Crippen MR) is 76.8 cm³/mol. The standard InChI is InChI=1S/C14H16ClN3O/c1-10-13(9-16-18(10)2)14(19)17-12-5-3-11(4-6-12)7-8-15/h3-6,9H,7-8H2,1-2H3,(H,17,19).